The van der Waals surface area contributed by atoms with Crippen molar-refractivity contribution in [2.75, 3.05) is 0 Å². The standard InChI is InChI=1S/C13H8BFN2O6/c15-11-3-1-2-4-12(11)23-13(18)8-5-9(14(19)16-20)7-10(6-8)17(21)22/h1-7,19H. The van der Waals surface area contributed by atoms with Gasteiger partial charge in [0.2, 0.25) is 0 Å². The van der Waals surface area contributed by atoms with E-state index >= 15 is 0 Å². The number of para-hydroxylation sites is 1. The summed E-state index contributed by atoms with van der Waals surface area (Å²) in [7, 11) is -1.88. The molecular formula is C13H8BFN2O6. The molecule has 0 spiro atoms. The monoisotopic (exact) mass is 318 g/mol. The molecule has 0 fully saturated rings. The smallest absolute Gasteiger partial charge is 0.425 e. The van der Waals surface area contributed by atoms with E-state index in [1.165, 1.54) is 18.2 Å². The molecule has 1 N–H and O–H groups in total. The van der Waals surface area contributed by atoms with Gasteiger partial charge in [-0.15, -0.1) is 0 Å². The summed E-state index contributed by atoms with van der Waals surface area (Å²) >= 11 is 0. The number of rotatable bonds is 5. The quantitative estimate of drug-likeness (QED) is 0.222. The lowest BCUT2D eigenvalue weighted by molar-refractivity contribution is -0.384. The van der Waals surface area contributed by atoms with E-state index in [0.717, 1.165) is 24.3 Å². The van der Waals surface area contributed by atoms with Gasteiger partial charge in [-0.2, -0.15) is 4.91 Å². The van der Waals surface area contributed by atoms with Crippen LogP contribution in [0.15, 0.2) is 47.6 Å². The first-order valence-corrected chi connectivity index (χ1v) is 6.19. The van der Waals surface area contributed by atoms with Crippen molar-refractivity contribution >= 4 is 24.2 Å². The van der Waals surface area contributed by atoms with Gasteiger partial charge in [0, 0.05) is 12.1 Å². The fourth-order valence-electron chi connectivity index (χ4n) is 1.75. The van der Waals surface area contributed by atoms with Gasteiger partial charge in [0.15, 0.2) is 11.6 Å². The lowest BCUT2D eigenvalue weighted by Crippen LogP contribution is -2.29. The average molecular weight is 318 g/mol. The molecule has 0 saturated carbocycles. The highest BCUT2D eigenvalue weighted by Crippen LogP contribution is 2.19. The molecule has 116 valence electrons. The van der Waals surface area contributed by atoms with Crippen molar-refractivity contribution in [1.29, 1.82) is 0 Å². The molecule has 0 radical (unpaired) electrons. The minimum Gasteiger partial charge on any atom is -0.425 e. The Labute approximate surface area is 128 Å². The second-order valence-corrected chi connectivity index (χ2v) is 4.37. The Morgan fingerprint density at radius 1 is 1.30 bits per heavy atom. The third kappa shape index (κ3) is 3.74. The van der Waals surface area contributed by atoms with Crippen LogP contribution >= 0.6 is 0 Å². The Morgan fingerprint density at radius 3 is 2.61 bits per heavy atom. The van der Waals surface area contributed by atoms with E-state index in [1.807, 2.05) is 0 Å². The number of nitroso groups, excluding NO2 is 1. The van der Waals surface area contributed by atoms with Gasteiger partial charge in [-0.1, -0.05) is 17.2 Å². The van der Waals surface area contributed by atoms with Crippen molar-refractivity contribution in [3.8, 4) is 5.75 Å². The molecule has 0 heterocycles. The number of hydrogen-bond donors (Lipinski definition) is 1. The van der Waals surface area contributed by atoms with Crippen molar-refractivity contribution in [3.63, 3.8) is 0 Å². The van der Waals surface area contributed by atoms with Crippen LogP contribution in [0.4, 0.5) is 10.1 Å². The number of benzene rings is 2. The van der Waals surface area contributed by atoms with Crippen LogP contribution in [0.1, 0.15) is 10.4 Å². The van der Waals surface area contributed by atoms with Gasteiger partial charge < -0.3 is 9.76 Å². The van der Waals surface area contributed by atoms with Crippen LogP contribution in [0.5, 0.6) is 5.75 Å². The Hall–Kier alpha value is -3.14. The Balaban J connectivity index is 2.39. The summed E-state index contributed by atoms with van der Waals surface area (Å²) in [4.78, 5) is 32.4. The number of nitro groups is 1. The maximum Gasteiger partial charge on any atom is 0.517 e. The number of nitro benzene ring substituents is 1. The average Bonchev–Trinajstić information content (AvgIpc) is 2.55. The van der Waals surface area contributed by atoms with Gasteiger partial charge in [0.25, 0.3) is 5.69 Å². The van der Waals surface area contributed by atoms with Crippen molar-refractivity contribution in [2.45, 2.75) is 0 Å². The second kappa shape index (κ2) is 6.75. The van der Waals surface area contributed by atoms with Gasteiger partial charge in [-0.25, -0.2) is 9.18 Å². The van der Waals surface area contributed by atoms with Crippen LogP contribution in [0.2, 0.25) is 0 Å². The minimum absolute atomic E-state index is 0.255. The molecule has 0 saturated heterocycles. The largest absolute Gasteiger partial charge is 0.517 e. The van der Waals surface area contributed by atoms with E-state index in [9.17, 15) is 29.2 Å². The first-order valence-electron chi connectivity index (χ1n) is 6.19. The van der Waals surface area contributed by atoms with Crippen LogP contribution < -0.4 is 10.2 Å². The lowest BCUT2D eigenvalue weighted by Gasteiger charge is -2.07. The molecular weight excluding hydrogens is 310 g/mol. The summed E-state index contributed by atoms with van der Waals surface area (Å²) in [5.74, 6) is -2.24. The molecule has 10 heteroatoms. The first kappa shape index (κ1) is 16.2. The topological polar surface area (TPSA) is 119 Å². The number of ether oxygens (including phenoxy) is 1. The van der Waals surface area contributed by atoms with Crippen LogP contribution in [-0.4, -0.2) is 23.0 Å². The molecule has 2 aromatic carbocycles. The van der Waals surface area contributed by atoms with Crippen LogP contribution in [-0.2, 0) is 0 Å². The summed E-state index contributed by atoms with van der Waals surface area (Å²) in [6.07, 6.45) is 0. The van der Waals surface area contributed by atoms with Crippen molar-refractivity contribution < 1.29 is 23.9 Å². The molecule has 23 heavy (non-hydrogen) atoms. The first-order chi connectivity index (χ1) is 10.9. The van der Waals surface area contributed by atoms with E-state index in [2.05, 4.69) is 5.09 Å². The number of nitrogens with zero attached hydrogens (tertiary/aromatic N) is 2. The fraction of sp³-hybridized carbons (Fsp3) is 0. The molecule has 2 rings (SSSR count). The number of carbonyl (C=O) groups is 1. The van der Waals surface area contributed by atoms with Gasteiger partial charge >= 0.3 is 13.0 Å². The van der Waals surface area contributed by atoms with Crippen molar-refractivity contribution in [2.24, 2.45) is 5.09 Å². The minimum atomic E-state index is -1.88. The van der Waals surface area contributed by atoms with Crippen LogP contribution in [0.25, 0.3) is 0 Å². The van der Waals surface area contributed by atoms with Gasteiger partial charge in [0.1, 0.15) is 0 Å². The predicted molar refractivity (Wildman–Crippen MR) is 77.9 cm³/mol. The Morgan fingerprint density at radius 2 is 2.00 bits per heavy atom. The number of carbonyl (C=O) groups excluding carboxylic acids is 1. The number of esters is 1. The second-order valence-electron chi connectivity index (χ2n) is 4.37. The number of halogens is 1. The molecule has 0 aliphatic heterocycles. The van der Waals surface area contributed by atoms with E-state index in [-0.39, 0.29) is 16.8 Å². The zero-order valence-electron chi connectivity index (χ0n) is 11.4. The molecule has 0 unspecified atom stereocenters. The van der Waals surface area contributed by atoms with Gasteiger partial charge in [0.05, 0.1) is 10.5 Å². The highest BCUT2D eigenvalue weighted by molar-refractivity contribution is 6.64. The highest BCUT2D eigenvalue weighted by atomic mass is 19.1. The zero-order valence-corrected chi connectivity index (χ0v) is 11.4. The summed E-state index contributed by atoms with van der Waals surface area (Å²) in [5, 5.41) is 22.5. The summed E-state index contributed by atoms with van der Waals surface area (Å²) in [5.41, 5.74) is -1.14. The molecule has 0 amide bonds. The third-order valence-corrected chi connectivity index (χ3v) is 2.82. The van der Waals surface area contributed by atoms with E-state index in [0.29, 0.717) is 0 Å². The number of non-ortho nitro benzene ring substituents is 1. The SMILES string of the molecule is O=NB(O)c1cc(C(=O)Oc2ccccc2F)cc([N+](=O)[O-])c1. The van der Waals surface area contributed by atoms with Crippen LogP contribution in [0, 0.1) is 20.8 Å². The van der Waals surface area contributed by atoms with E-state index in [4.69, 9.17) is 4.74 Å². The molecule has 8 nitrogen and oxygen atoms in total. The lowest BCUT2D eigenvalue weighted by atomic mass is 9.75. The zero-order chi connectivity index (χ0) is 17.0. The van der Waals surface area contributed by atoms with Crippen LogP contribution in [0.3, 0.4) is 0 Å². The third-order valence-electron chi connectivity index (χ3n) is 2.82. The molecule has 0 aliphatic rings. The Bertz CT molecular complexity index is 785. The molecule has 0 atom stereocenters. The predicted octanol–water partition coefficient (Wildman–Crippen LogP) is 1.41. The maximum atomic E-state index is 13.5. The van der Waals surface area contributed by atoms with Crippen molar-refractivity contribution in [1.82, 2.24) is 0 Å². The molecule has 0 aromatic heterocycles. The molecule has 2 aromatic rings. The van der Waals surface area contributed by atoms with E-state index < -0.39 is 29.4 Å². The normalized spacial score (nSPS) is 10.0. The maximum absolute atomic E-state index is 13.5. The molecule has 0 aliphatic carbocycles. The highest BCUT2D eigenvalue weighted by Gasteiger charge is 2.23. The van der Waals surface area contributed by atoms with Gasteiger partial charge in [-0.3, -0.25) is 10.1 Å². The fourth-order valence-corrected chi connectivity index (χ4v) is 1.75. The van der Waals surface area contributed by atoms with Crippen molar-refractivity contribution in [3.05, 3.63) is 68.9 Å². The van der Waals surface area contributed by atoms with Gasteiger partial charge in [-0.05, 0) is 23.7 Å². The summed E-state index contributed by atoms with van der Waals surface area (Å²) in [6.45, 7) is 0. The number of hydrogen-bond acceptors (Lipinski definition) is 7. The summed E-state index contributed by atoms with van der Waals surface area (Å²) < 4.78 is 18.3. The summed E-state index contributed by atoms with van der Waals surface area (Å²) in [6, 6.07) is 7.88. The molecule has 0 bridgehead atoms. The van der Waals surface area contributed by atoms with E-state index in [1.54, 1.807) is 0 Å². The Kier molecular flexibility index (Phi) is 4.77.